The fraction of sp³-hybridized carbons (Fsp3) is 0.500. The molecule has 2 unspecified atom stereocenters. The SMILES string of the molecule is COc1ccc(OC)c(NC(=O)NC(C)C(C)CO)c1. The van der Waals surface area contributed by atoms with Crippen LogP contribution in [0.15, 0.2) is 18.2 Å². The van der Waals surface area contributed by atoms with Crippen molar-refractivity contribution in [2.24, 2.45) is 5.92 Å². The predicted molar refractivity (Wildman–Crippen MR) is 77.4 cm³/mol. The maximum Gasteiger partial charge on any atom is 0.319 e. The molecule has 2 amide bonds. The number of aliphatic hydroxyl groups is 1. The Morgan fingerprint density at radius 3 is 2.55 bits per heavy atom. The molecule has 1 aromatic carbocycles. The van der Waals surface area contributed by atoms with Crippen LogP contribution in [0.25, 0.3) is 0 Å². The number of hydrogen-bond acceptors (Lipinski definition) is 4. The summed E-state index contributed by atoms with van der Waals surface area (Å²) in [6.07, 6.45) is 0. The van der Waals surface area contributed by atoms with Gasteiger partial charge in [0.25, 0.3) is 0 Å². The zero-order valence-corrected chi connectivity index (χ0v) is 12.3. The molecule has 0 heterocycles. The van der Waals surface area contributed by atoms with Crippen LogP contribution in [-0.4, -0.2) is 38.0 Å². The number of carbonyl (C=O) groups is 1. The normalized spacial score (nSPS) is 13.2. The molecule has 1 rings (SSSR count). The number of rotatable bonds is 6. The second-order valence-electron chi connectivity index (χ2n) is 4.61. The molecule has 0 bridgehead atoms. The summed E-state index contributed by atoms with van der Waals surface area (Å²) in [5, 5.41) is 14.5. The van der Waals surface area contributed by atoms with Crippen LogP contribution in [0, 0.1) is 5.92 Å². The molecule has 0 saturated carbocycles. The Balaban J connectivity index is 2.74. The van der Waals surface area contributed by atoms with Crippen LogP contribution in [0.4, 0.5) is 10.5 Å². The third-order valence-corrected chi connectivity index (χ3v) is 3.16. The number of hydrogen-bond donors (Lipinski definition) is 3. The van der Waals surface area contributed by atoms with Crippen molar-refractivity contribution < 1.29 is 19.4 Å². The van der Waals surface area contributed by atoms with Crippen LogP contribution >= 0.6 is 0 Å². The number of ether oxygens (including phenoxy) is 2. The minimum absolute atomic E-state index is 0.0178. The van der Waals surface area contributed by atoms with E-state index in [-0.39, 0.29) is 24.6 Å². The van der Waals surface area contributed by atoms with E-state index in [9.17, 15) is 4.79 Å². The van der Waals surface area contributed by atoms with E-state index in [0.29, 0.717) is 17.2 Å². The van der Waals surface area contributed by atoms with Gasteiger partial charge in [-0.25, -0.2) is 4.79 Å². The first kappa shape index (κ1) is 16.1. The molecule has 0 aliphatic rings. The summed E-state index contributed by atoms with van der Waals surface area (Å²) in [7, 11) is 3.08. The lowest BCUT2D eigenvalue weighted by atomic mass is 10.1. The topological polar surface area (TPSA) is 79.8 Å². The first-order valence-corrected chi connectivity index (χ1v) is 6.42. The molecule has 6 nitrogen and oxygen atoms in total. The molecular weight excluding hydrogens is 260 g/mol. The summed E-state index contributed by atoms with van der Waals surface area (Å²) < 4.78 is 10.3. The van der Waals surface area contributed by atoms with Crippen molar-refractivity contribution >= 4 is 11.7 Å². The van der Waals surface area contributed by atoms with Gasteiger partial charge in [-0.2, -0.15) is 0 Å². The molecule has 20 heavy (non-hydrogen) atoms. The van der Waals surface area contributed by atoms with E-state index in [0.717, 1.165) is 0 Å². The van der Waals surface area contributed by atoms with Gasteiger partial charge in [-0.05, 0) is 25.0 Å². The average Bonchev–Trinajstić information content (AvgIpc) is 2.45. The van der Waals surface area contributed by atoms with E-state index in [1.165, 1.54) is 7.11 Å². The van der Waals surface area contributed by atoms with Gasteiger partial charge in [0.1, 0.15) is 11.5 Å². The molecule has 0 fully saturated rings. The van der Waals surface area contributed by atoms with E-state index >= 15 is 0 Å². The van der Waals surface area contributed by atoms with Crippen LogP contribution in [-0.2, 0) is 0 Å². The zero-order chi connectivity index (χ0) is 15.1. The van der Waals surface area contributed by atoms with E-state index < -0.39 is 0 Å². The number of urea groups is 1. The zero-order valence-electron chi connectivity index (χ0n) is 12.3. The number of aliphatic hydroxyl groups excluding tert-OH is 1. The lowest BCUT2D eigenvalue weighted by Crippen LogP contribution is -2.40. The van der Waals surface area contributed by atoms with E-state index in [1.54, 1.807) is 25.3 Å². The van der Waals surface area contributed by atoms with E-state index in [2.05, 4.69) is 10.6 Å². The second kappa shape index (κ2) is 7.59. The molecule has 0 saturated heterocycles. The molecule has 1 aromatic rings. The van der Waals surface area contributed by atoms with Crippen molar-refractivity contribution in [1.29, 1.82) is 0 Å². The fourth-order valence-corrected chi connectivity index (χ4v) is 1.58. The van der Waals surface area contributed by atoms with Crippen molar-refractivity contribution in [2.45, 2.75) is 19.9 Å². The number of carbonyl (C=O) groups excluding carboxylic acids is 1. The third kappa shape index (κ3) is 4.31. The Bertz CT molecular complexity index is 451. The average molecular weight is 282 g/mol. The van der Waals surface area contributed by atoms with Gasteiger partial charge in [-0.1, -0.05) is 6.92 Å². The predicted octanol–water partition coefficient (Wildman–Crippen LogP) is 1.84. The Labute approximate surface area is 119 Å². The third-order valence-electron chi connectivity index (χ3n) is 3.16. The summed E-state index contributed by atoms with van der Waals surface area (Å²) in [5.74, 6) is 1.15. The highest BCUT2D eigenvalue weighted by Gasteiger charge is 2.15. The van der Waals surface area contributed by atoms with Gasteiger partial charge in [0.05, 0.1) is 19.9 Å². The van der Waals surface area contributed by atoms with Crippen molar-refractivity contribution in [2.75, 3.05) is 26.1 Å². The van der Waals surface area contributed by atoms with Gasteiger partial charge in [-0.3, -0.25) is 0 Å². The van der Waals surface area contributed by atoms with E-state index in [1.807, 2.05) is 13.8 Å². The lowest BCUT2D eigenvalue weighted by Gasteiger charge is -2.20. The van der Waals surface area contributed by atoms with Crippen LogP contribution in [0.1, 0.15) is 13.8 Å². The molecule has 3 N–H and O–H groups in total. The minimum atomic E-state index is -0.357. The summed E-state index contributed by atoms with van der Waals surface area (Å²) in [6, 6.07) is 4.64. The number of benzene rings is 1. The minimum Gasteiger partial charge on any atom is -0.497 e. The van der Waals surface area contributed by atoms with Crippen molar-refractivity contribution in [3.05, 3.63) is 18.2 Å². The van der Waals surface area contributed by atoms with Gasteiger partial charge in [0, 0.05) is 18.7 Å². The van der Waals surface area contributed by atoms with E-state index in [4.69, 9.17) is 14.6 Å². The van der Waals surface area contributed by atoms with Crippen molar-refractivity contribution in [3.8, 4) is 11.5 Å². The molecule has 2 atom stereocenters. The molecule has 0 aromatic heterocycles. The first-order valence-electron chi connectivity index (χ1n) is 6.42. The molecule has 0 radical (unpaired) electrons. The van der Waals surface area contributed by atoms with Crippen LogP contribution in [0.3, 0.4) is 0 Å². The lowest BCUT2D eigenvalue weighted by molar-refractivity contribution is 0.204. The molecule has 0 aliphatic heterocycles. The fourth-order valence-electron chi connectivity index (χ4n) is 1.58. The van der Waals surface area contributed by atoms with Crippen LogP contribution < -0.4 is 20.1 Å². The molecule has 112 valence electrons. The van der Waals surface area contributed by atoms with Gasteiger partial charge in [0.15, 0.2) is 0 Å². The van der Waals surface area contributed by atoms with Crippen LogP contribution in [0.2, 0.25) is 0 Å². The van der Waals surface area contributed by atoms with Crippen molar-refractivity contribution in [3.63, 3.8) is 0 Å². The summed E-state index contributed by atoms with van der Waals surface area (Å²) in [6.45, 7) is 3.71. The largest absolute Gasteiger partial charge is 0.497 e. The highest BCUT2D eigenvalue weighted by atomic mass is 16.5. The monoisotopic (exact) mass is 282 g/mol. The smallest absolute Gasteiger partial charge is 0.319 e. The number of nitrogens with one attached hydrogen (secondary N) is 2. The molecule has 6 heteroatoms. The van der Waals surface area contributed by atoms with Gasteiger partial charge in [0.2, 0.25) is 0 Å². The van der Waals surface area contributed by atoms with Gasteiger partial charge in [-0.15, -0.1) is 0 Å². The summed E-state index contributed by atoms with van der Waals surface area (Å²) >= 11 is 0. The highest BCUT2D eigenvalue weighted by molar-refractivity contribution is 5.91. The number of anilines is 1. The van der Waals surface area contributed by atoms with Gasteiger partial charge < -0.3 is 25.2 Å². The summed E-state index contributed by atoms with van der Waals surface area (Å²) in [5.41, 5.74) is 0.521. The Morgan fingerprint density at radius 2 is 2.00 bits per heavy atom. The Kier molecular flexibility index (Phi) is 6.11. The molecule has 0 spiro atoms. The first-order chi connectivity index (χ1) is 9.51. The molecular formula is C14H22N2O4. The quantitative estimate of drug-likeness (QED) is 0.744. The Hall–Kier alpha value is -1.95. The maximum atomic E-state index is 11.9. The van der Waals surface area contributed by atoms with Crippen molar-refractivity contribution in [1.82, 2.24) is 5.32 Å². The second-order valence-corrected chi connectivity index (χ2v) is 4.61. The van der Waals surface area contributed by atoms with Crippen LogP contribution in [0.5, 0.6) is 11.5 Å². The Morgan fingerprint density at radius 1 is 1.30 bits per heavy atom. The van der Waals surface area contributed by atoms with Gasteiger partial charge >= 0.3 is 6.03 Å². The maximum absolute atomic E-state index is 11.9. The standard InChI is InChI=1S/C14H22N2O4/c1-9(8-17)10(2)15-14(18)16-12-7-11(19-3)5-6-13(12)20-4/h5-7,9-10,17H,8H2,1-4H3,(H2,15,16,18). The molecule has 0 aliphatic carbocycles. The highest BCUT2D eigenvalue weighted by Crippen LogP contribution is 2.28. The summed E-state index contributed by atoms with van der Waals surface area (Å²) in [4.78, 5) is 11.9. The number of amides is 2. The number of methoxy groups -OCH3 is 2.